The van der Waals surface area contributed by atoms with Crippen LogP contribution in [0.25, 0.3) is 0 Å². The zero-order chi connectivity index (χ0) is 14.7. The fraction of sp³-hybridized carbons (Fsp3) is 0.533. The molecular weight excluding hydrogens is 278 g/mol. The average Bonchev–Trinajstić information content (AvgIpc) is 2.63. The number of halogens is 1. The highest BCUT2D eigenvalue weighted by Gasteiger charge is 2.23. The predicted molar refractivity (Wildman–Crippen MR) is 78.4 cm³/mol. The van der Waals surface area contributed by atoms with Gasteiger partial charge in [0, 0.05) is 11.6 Å². The van der Waals surface area contributed by atoms with Crippen LogP contribution < -0.4 is 10.5 Å². The van der Waals surface area contributed by atoms with Gasteiger partial charge in [0.15, 0.2) is 0 Å². The molecule has 1 unspecified atom stereocenters. The Bertz CT molecular complexity index is 516. The summed E-state index contributed by atoms with van der Waals surface area (Å²) in [5.41, 5.74) is 9.01. The minimum atomic E-state index is -0.925. The van der Waals surface area contributed by atoms with E-state index in [0.29, 0.717) is 16.3 Å². The summed E-state index contributed by atoms with van der Waals surface area (Å²) in [6, 6.07) is 1.38. The van der Waals surface area contributed by atoms with Gasteiger partial charge in [0.25, 0.3) is 0 Å². The monoisotopic (exact) mass is 297 g/mol. The Morgan fingerprint density at radius 3 is 2.80 bits per heavy atom. The highest BCUT2D eigenvalue weighted by Crippen LogP contribution is 2.40. The highest BCUT2D eigenvalue weighted by atomic mass is 35.5. The second-order valence-corrected chi connectivity index (χ2v) is 5.59. The third-order valence-corrected chi connectivity index (χ3v) is 4.21. The van der Waals surface area contributed by atoms with Crippen molar-refractivity contribution >= 4 is 17.6 Å². The lowest BCUT2D eigenvalue weighted by atomic mass is 9.94. The van der Waals surface area contributed by atoms with Gasteiger partial charge in [0.1, 0.15) is 5.75 Å². The Morgan fingerprint density at radius 2 is 2.15 bits per heavy atom. The van der Waals surface area contributed by atoms with Crippen LogP contribution in [0, 0.1) is 0 Å². The maximum absolute atomic E-state index is 10.9. The maximum atomic E-state index is 10.9. The fourth-order valence-electron chi connectivity index (χ4n) is 2.81. The smallest absolute Gasteiger partial charge is 0.305 e. The first-order chi connectivity index (χ1) is 9.54. The van der Waals surface area contributed by atoms with Crippen molar-refractivity contribution in [2.75, 3.05) is 7.11 Å². The van der Waals surface area contributed by atoms with E-state index >= 15 is 0 Å². The van der Waals surface area contributed by atoms with Crippen molar-refractivity contribution in [2.45, 2.75) is 44.6 Å². The molecule has 3 N–H and O–H groups in total. The van der Waals surface area contributed by atoms with Gasteiger partial charge < -0.3 is 15.6 Å². The molecule has 1 aromatic carbocycles. The van der Waals surface area contributed by atoms with Crippen LogP contribution in [0.15, 0.2) is 6.07 Å². The predicted octanol–water partition coefficient (Wildman–Crippen LogP) is 3.09. The van der Waals surface area contributed by atoms with Gasteiger partial charge in [-0.3, -0.25) is 4.79 Å². The molecule has 0 radical (unpaired) electrons. The number of fused-ring (bicyclic) bond motifs is 1. The molecule has 1 atom stereocenters. The Labute approximate surface area is 123 Å². The lowest BCUT2D eigenvalue weighted by Crippen LogP contribution is -2.17. The highest BCUT2D eigenvalue weighted by molar-refractivity contribution is 6.33. The van der Waals surface area contributed by atoms with E-state index in [9.17, 15) is 4.79 Å². The molecule has 110 valence electrons. The van der Waals surface area contributed by atoms with Crippen LogP contribution in [0.4, 0.5) is 0 Å². The lowest BCUT2D eigenvalue weighted by molar-refractivity contribution is -0.137. The molecule has 0 saturated heterocycles. The summed E-state index contributed by atoms with van der Waals surface area (Å²) in [4.78, 5) is 10.9. The number of aliphatic carboxylic acids is 1. The first-order valence-electron chi connectivity index (χ1n) is 6.90. The van der Waals surface area contributed by atoms with Gasteiger partial charge >= 0.3 is 5.97 Å². The Balaban J connectivity index is 2.48. The topological polar surface area (TPSA) is 72.5 Å². The standard InChI is InChI=1S/C15H20ClNO3/c1-20-15-11(12(17)8-13(18)19)7-9-5-3-2-4-6-10(9)14(15)16/h7,12H,2-6,8,17H2,1H3,(H,18,19). The second kappa shape index (κ2) is 6.46. The number of methoxy groups -OCH3 is 1. The number of aryl methyl sites for hydroxylation is 1. The molecule has 0 heterocycles. The number of benzene rings is 1. The molecule has 2 rings (SSSR count). The normalized spacial score (nSPS) is 16.1. The Hall–Kier alpha value is -1.26. The van der Waals surface area contributed by atoms with Gasteiger partial charge in [-0.15, -0.1) is 0 Å². The zero-order valence-electron chi connectivity index (χ0n) is 11.6. The molecule has 0 fully saturated rings. The minimum Gasteiger partial charge on any atom is -0.495 e. The molecule has 0 aliphatic heterocycles. The summed E-state index contributed by atoms with van der Waals surface area (Å²) in [5, 5.41) is 9.51. The molecule has 4 nitrogen and oxygen atoms in total. The van der Waals surface area contributed by atoms with Crippen LogP contribution >= 0.6 is 11.6 Å². The SMILES string of the molecule is COc1c(C(N)CC(=O)O)cc2c(c1Cl)CCCCC2. The summed E-state index contributed by atoms with van der Waals surface area (Å²) >= 11 is 6.46. The van der Waals surface area contributed by atoms with E-state index in [2.05, 4.69) is 0 Å². The van der Waals surface area contributed by atoms with Gasteiger partial charge in [0.2, 0.25) is 0 Å². The molecule has 0 amide bonds. The quantitative estimate of drug-likeness (QED) is 0.838. The average molecular weight is 298 g/mol. The number of nitrogens with two attached hydrogens (primary N) is 1. The lowest BCUT2D eigenvalue weighted by Gasteiger charge is -2.20. The number of carboxylic acids is 1. The van der Waals surface area contributed by atoms with Gasteiger partial charge in [0.05, 0.1) is 18.6 Å². The van der Waals surface area contributed by atoms with Crippen molar-refractivity contribution in [3.05, 3.63) is 27.8 Å². The number of hydrogen-bond donors (Lipinski definition) is 2. The number of hydrogen-bond acceptors (Lipinski definition) is 3. The first kappa shape index (κ1) is 15.1. The van der Waals surface area contributed by atoms with E-state index in [-0.39, 0.29) is 6.42 Å². The Morgan fingerprint density at radius 1 is 1.45 bits per heavy atom. The molecular formula is C15H20ClNO3. The van der Waals surface area contributed by atoms with E-state index in [0.717, 1.165) is 31.2 Å². The summed E-state index contributed by atoms with van der Waals surface area (Å²) in [7, 11) is 1.54. The van der Waals surface area contributed by atoms with Crippen molar-refractivity contribution in [3.63, 3.8) is 0 Å². The first-order valence-corrected chi connectivity index (χ1v) is 7.28. The molecule has 20 heavy (non-hydrogen) atoms. The molecule has 1 aromatic rings. The van der Waals surface area contributed by atoms with Crippen LogP contribution in [-0.4, -0.2) is 18.2 Å². The number of carboxylic acid groups (broad SMARTS) is 1. The third-order valence-electron chi connectivity index (χ3n) is 3.81. The number of ether oxygens (including phenoxy) is 1. The molecule has 0 spiro atoms. The molecule has 5 heteroatoms. The van der Waals surface area contributed by atoms with Crippen molar-refractivity contribution in [1.82, 2.24) is 0 Å². The van der Waals surface area contributed by atoms with Crippen LogP contribution in [0.1, 0.15) is 48.4 Å². The van der Waals surface area contributed by atoms with Crippen molar-refractivity contribution in [2.24, 2.45) is 5.73 Å². The largest absolute Gasteiger partial charge is 0.495 e. The second-order valence-electron chi connectivity index (χ2n) is 5.22. The van der Waals surface area contributed by atoms with E-state index in [4.69, 9.17) is 27.2 Å². The maximum Gasteiger partial charge on any atom is 0.305 e. The molecule has 1 aliphatic rings. The summed E-state index contributed by atoms with van der Waals surface area (Å²) < 4.78 is 5.38. The van der Waals surface area contributed by atoms with Crippen molar-refractivity contribution in [3.8, 4) is 5.75 Å². The van der Waals surface area contributed by atoms with E-state index < -0.39 is 12.0 Å². The van der Waals surface area contributed by atoms with E-state index in [1.807, 2.05) is 6.07 Å². The summed E-state index contributed by atoms with van der Waals surface area (Å²) in [6.07, 6.45) is 5.21. The molecule has 0 bridgehead atoms. The number of carbonyl (C=O) groups is 1. The van der Waals surface area contributed by atoms with Gasteiger partial charge in [-0.25, -0.2) is 0 Å². The summed E-state index contributed by atoms with van der Waals surface area (Å²) in [5.74, 6) is -0.397. The summed E-state index contributed by atoms with van der Waals surface area (Å²) in [6.45, 7) is 0. The van der Waals surface area contributed by atoms with Gasteiger partial charge in [-0.1, -0.05) is 24.1 Å². The van der Waals surface area contributed by atoms with E-state index in [1.54, 1.807) is 7.11 Å². The van der Waals surface area contributed by atoms with Gasteiger partial charge in [-0.2, -0.15) is 0 Å². The van der Waals surface area contributed by atoms with Crippen molar-refractivity contribution < 1.29 is 14.6 Å². The zero-order valence-corrected chi connectivity index (χ0v) is 12.4. The molecule has 0 saturated carbocycles. The number of rotatable bonds is 4. The fourth-order valence-corrected chi connectivity index (χ4v) is 3.22. The Kier molecular flexibility index (Phi) is 4.89. The van der Waals surface area contributed by atoms with Crippen LogP contribution in [0.2, 0.25) is 5.02 Å². The third kappa shape index (κ3) is 3.07. The molecule has 1 aliphatic carbocycles. The van der Waals surface area contributed by atoms with Crippen molar-refractivity contribution in [1.29, 1.82) is 0 Å². The van der Waals surface area contributed by atoms with Crippen LogP contribution in [0.3, 0.4) is 0 Å². The molecule has 0 aromatic heterocycles. The van der Waals surface area contributed by atoms with Gasteiger partial charge in [-0.05, 0) is 36.8 Å². The van der Waals surface area contributed by atoms with E-state index in [1.165, 1.54) is 12.0 Å². The van der Waals surface area contributed by atoms with Crippen LogP contribution in [0.5, 0.6) is 5.75 Å². The van der Waals surface area contributed by atoms with Crippen LogP contribution in [-0.2, 0) is 17.6 Å². The minimum absolute atomic E-state index is 0.133.